The first-order valence-electron chi connectivity index (χ1n) is 7.31. The van der Waals surface area contributed by atoms with E-state index in [1.54, 1.807) is 0 Å². The summed E-state index contributed by atoms with van der Waals surface area (Å²) in [5.41, 5.74) is 1.58. The van der Waals surface area contributed by atoms with Crippen molar-refractivity contribution in [1.29, 1.82) is 0 Å². The summed E-state index contributed by atoms with van der Waals surface area (Å²) in [5.74, 6) is 1.00. The molecule has 5 nitrogen and oxygen atoms in total. The summed E-state index contributed by atoms with van der Waals surface area (Å²) in [6.45, 7) is 13.9. The summed E-state index contributed by atoms with van der Waals surface area (Å²) in [6.07, 6.45) is 3.89. The van der Waals surface area contributed by atoms with Crippen molar-refractivity contribution < 1.29 is 0 Å². The molecule has 0 saturated carbocycles. The van der Waals surface area contributed by atoms with E-state index in [1.807, 2.05) is 24.1 Å². The first-order chi connectivity index (χ1) is 9.28. The second kappa shape index (κ2) is 5.11. The number of hydrogen-bond acceptors (Lipinski definition) is 2. The van der Waals surface area contributed by atoms with Crippen LogP contribution in [0.25, 0.3) is 0 Å². The monoisotopic (exact) mass is 277 g/mol. The lowest BCUT2D eigenvalue weighted by atomic mass is 9.65. The Labute approximate surface area is 122 Å². The van der Waals surface area contributed by atoms with Crippen LogP contribution < -0.4 is 5.32 Å². The summed E-state index contributed by atoms with van der Waals surface area (Å²) in [5, 5.41) is 7.59. The van der Waals surface area contributed by atoms with Crippen molar-refractivity contribution >= 4 is 5.96 Å². The highest BCUT2D eigenvalue weighted by Gasteiger charge is 2.53. The molecular formula is C15H27N5. The molecule has 1 aliphatic heterocycles. The van der Waals surface area contributed by atoms with Crippen LogP contribution in [0.4, 0.5) is 0 Å². The Kier molecular flexibility index (Phi) is 3.80. The molecule has 0 atom stereocenters. The third kappa shape index (κ3) is 2.53. The van der Waals surface area contributed by atoms with Crippen LogP contribution in [0.15, 0.2) is 17.4 Å². The molecule has 1 saturated heterocycles. The summed E-state index contributed by atoms with van der Waals surface area (Å²) >= 11 is 0. The fourth-order valence-electron chi connectivity index (χ4n) is 2.51. The van der Waals surface area contributed by atoms with Crippen molar-refractivity contribution in [3.05, 3.63) is 18.0 Å². The highest BCUT2D eigenvalue weighted by molar-refractivity contribution is 5.82. The zero-order chi connectivity index (χ0) is 15.0. The molecule has 0 bridgehead atoms. The molecule has 1 aromatic heterocycles. The number of guanidine groups is 1. The minimum atomic E-state index is 0.128. The van der Waals surface area contributed by atoms with Gasteiger partial charge in [-0.15, -0.1) is 0 Å². The zero-order valence-electron chi connectivity index (χ0n) is 13.6. The number of nitrogens with one attached hydrogen (secondary N) is 1. The first-order valence-corrected chi connectivity index (χ1v) is 7.31. The topological polar surface area (TPSA) is 45.5 Å². The van der Waals surface area contributed by atoms with Crippen molar-refractivity contribution in [3.8, 4) is 0 Å². The lowest BCUT2D eigenvalue weighted by Gasteiger charge is -2.62. The number of likely N-dealkylation sites (tertiary alicyclic amines) is 1. The average Bonchev–Trinajstić information content (AvgIpc) is 2.78. The fraction of sp³-hybridized carbons (Fsp3) is 0.733. The highest BCUT2D eigenvalue weighted by atomic mass is 15.4. The zero-order valence-corrected chi connectivity index (χ0v) is 13.6. The van der Waals surface area contributed by atoms with Gasteiger partial charge in [0.1, 0.15) is 0 Å². The highest BCUT2D eigenvalue weighted by Crippen LogP contribution is 2.46. The Morgan fingerprint density at radius 1 is 1.40 bits per heavy atom. The van der Waals surface area contributed by atoms with E-state index in [9.17, 15) is 0 Å². The molecule has 1 aromatic rings. The van der Waals surface area contributed by atoms with Crippen molar-refractivity contribution in [2.75, 3.05) is 13.1 Å². The third-order valence-electron chi connectivity index (χ3n) is 4.64. The maximum Gasteiger partial charge on any atom is 0.194 e. The van der Waals surface area contributed by atoms with Crippen LogP contribution in [0.3, 0.4) is 0 Å². The summed E-state index contributed by atoms with van der Waals surface area (Å²) in [6, 6.07) is 0. The molecular weight excluding hydrogens is 250 g/mol. The van der Waals surface area contributed by atoms with Crippen LogP contribution in [0.2, 0.25) is 0 Å². The number of rotatable bonds is 3. The molecule has 2 heterocycles. The average molecular weight is 277 g/mol. The minimum Gasteiger partial charge on any atom is -0.356 e. The van der Waals surface area contributed by atoms with E-state index in [0.29, 0.717) is 12.0 Å². The molecule has 1 N–H and O–H groups in total. The number of nitrogens with zero attached hydrogens (tertiary/aromatic N) is 4. The quantitative estimate of drug-likeness (QED) is 0.679. The Hall–Kier alpha value is -1.52. The Bertz CT molecular complexity index is 498. The molecule has 20 heavy (non-hydrogen) atoms. The van der Waals surface area contributed by atoms with Crippen LogP contribution in [0, 0.1) is 5.41 Å². The normalized spacial score (nSPS) is 20.7. The van der Waals surface area contributed by atoms with E-state index in [2.05, 4.69) is 49.9 Å². The van der Waals surface area contributed by atoms with Crippen LogP contribution in [-0.2, 0) is 13.6 Å². The SMILES string of the molecule is CCNC(=NCc1cnn(C)c1)N1CC(C)(C)C1(C)C. The lowest BCUT2D eigenvalue weighted by molar-refractivity contribution is -0.0667. The first kappa shape index (κ1) is 14.9. The maximum atomic E-state index is 4.76. The van der Waals surface area contributed by atoms with E-state index < -0.39 is 0 Å². The van der Waals surface area contributed by atoms with Gasteiger partial charge in [-0.2, -0.15) is 5.10 Å². The van der Waals surface area contributed by atoms with Crippen molar-refractivity contribution in [3.63, 3.8) is 0 Å². The van der Waals surface area contributed by atoms with Gasteiger partial charge in [-0.25, -0.2) is 4.99 Å². The molecule has 112 valence electrons. The molecule has 0 amide bonds. The summed E-state index contributed by atoms with van der Waals surface area (Å²) < 4.78 is 1.81. The van der Waals surface area contributed by atoms with E-state index in [4.69, 9.17) is 4.99 Å². The van der Waals surface area contributed by atoms with E-state index in [-0.39, 0.29) is 5.54 Å². The number of hydrogen-bond donors (Lipinski definition) is 1. The molecule has 0 aliphatic carbocycles. The van der Waals surface area contributed by atoms with Crippen molar-refractivity contribution in [1.82, 2.24) is 20.0 Å². The Balaban J connectivity index is 2.12. The van der Waals surface area contributed by atoms with Gasteiger partial charge in [0, 0.05) is 42.9 Å². The van der Waals surface area contributed by atoms with Gasteiger partial charge in [0.15, 0.2) is 5.96 Å². The predicted octanol–water partition coefficient (Wildman–Crippen LogP) is 2.01. The van der Waals surface area contributed by atoms with Crippen LogP contribution in [-0.4, -0.2) is 39.3 Å². The van der Waals surface area contributed by atoms with E-state index in [0.717, 1.165) is 24.6 Å². The Morgan fingerprint density at radius 2 is 2.10 bits per heavy atom. The van der Waals surface area contributed by atoms with E-state index >= 15 is 0 Å². The Morgan fingerprint density at radius 3 is 2.55 bits per heavy atom. The largest absolute Gasteiger partial charge is 0.356 e. The molecule has 0 spiro atoms. The van der Waals surface area contributed by atoms with Gasteiger partial charge in [-0.1, -0.05) is 13.8 Å². The second-order valence-corrected chi connectivity index (χ2v) is 6.72. The number of aromatic nitrogens is 2. The molecule has 1 fully saturated rings. The second-order valence-electron chi connectivity index (χ2n) is 6.72. The van der Waals surface area contributed by atoms with Crippen molar-refractivity contribution in [2.45, 2.75) is 46.7 Å². The number of aryl methyl sites for hydroxylation is 1. The minimum absolute atomic E-state index is 0.128. The van der Waals surface area contributed by atoms with Gasteiger partial charge in [0.25, 0.3) is 0 Å². The van der Waals surface area contributed by atoms with Crippen LogP contribution in [0.1, 0.15) is 40.2 Å². The molecule has 0 radical (unpaired) electrons. The standard InChI is InChI=1S/C15H27N5/c1-7-16-13(17-8-12-9-18-19(6)10-12)20-11-14(2,3)15(20,4)5/h9-10H,7-8,11H2,1-6H3,(H,16,17). The van der Waals surface area contributed by atoms with Gasteiger partial charge in [-0.05, 0) is 20.8 Å². The smallest absolute Gasteiger partial charge is 0.194 e. The lowest BCUT2D eigenvalue weighted by Crippen LogP contribution is -2.72. The van der Waals surface area contributed by atoms with Gasteiger partial charge < -0.3 is 10.2 Å². The van der Waals surface area contributed by atoms with Gasteiger partial charge >= 0.3 is 0 Å². The van der Waals surface area contributed by atoms with Crippen LogP contribution in [0.5, 0.6) is 0 Å². The van der Waals surface area contributed by atoms with Crippen molar-refractivity contribution in [2.24, 2.45) is 17.5 Å². The predicted molar refractivity (Wildman–Crippen MR) is 82.6 cm³/mol. The molecule has 1 aliphatic rings. The molecule has 5 heteroatoms. The molecule has 0 unspecified atom stereocenters. The summed E-state index contributed by atoms with van der Waals surface area (Å²) in [4.78, 5) is 7.13. The fourth-order valence-corrected chi connectivity index (χ4v) is 2.51. The van der Waals surface area contributed by atoms with Crippen LogP contribution >= 0.6 is 0 Å². The molecule has 2 rings (SSSR count). The molecule has 0 aromatic carbocycles. The number of aliphatic imine (C=N–C) groups is 1. The maximum absolute atomic E-state index is 4.76. The third-order valence-corrected chi connectivity index (χ3v) is 4.64. The van der Waals surface area contributed by atoms with E-state index in [1.165, 1.54) is 0 Å². The van der Waals surface area contributed by atoms with Gasteiger partial charge in [0.2, 0.25) is 0 Å². The summed E-state index contributed by atoms with van der Waals surface area (Å²) in [7, 11) is 1.93. The van der Waals surface area contributed by atoms with Gasteiger partial charge in [-0.3, -0.25) is 4.68 Å². The van der Waals surface area contributed by atoms with Gasteiger partial charge in [0.05, 0.1) is 12.7 Å².